The second-order valence-electron chi connectivity index (χ2n) is 7.54. The summed E-state index contributed by atoms with van der Waals surface area (Å²) in [5.41, 5.74) is 2.36. The van der Waals surface area contributed by atoms with E-state index < -0.39 is 23.5 Å². The molecule has 0 spiro atoms. The number of carboxylic acids is 1. The molecular formula is C24H25NO6S. The lowest BCUT2D eigenvalue weighted by Crippen LogP contribution is -2.42. The summed E-state index contributed by atoms with van der Waals surface area (Å²) in [4.78, 5) is 36.4. The fraction of sp³-hybridized carbons (Fsp3) is 0.292. The van der Waals surface area contributed by atoms with Gasteiger partial charge in [-0.3, -0.25) is 4.79 Å². The highest BCUT2D eigenvalue weighted by atomic mass is 32.2. The van der Waals surface area contributed by atoms with Crippen molar-refractivity contribution in [3.05, 3.63) is 75.1 Å². The average Bonchev–Trinajstić information content (AvgIpc) is 2.76. The van der Waals surface area contributed by atoms with Crippen LogP contribution in [-0.4, -0.2) is 33.9 Å². The number of carbonyl (C=O) groups is 2. The van der Waals surface area contributed by atoms with Crippen LogP contribution in [0, 0.1) is 13.8 Å². The van der Waals surface area contributed by atoms with E-state index >= 15 is 0 Å². The maximum atomic E-state index is 12.5. The van der Waals surface area contributed by atoms with E-state index in [0.29, 0.717) is 33.4 Å². The molecule has 8 heteroatoms. The highest BCUT2D eigenvalue weighted by Gasteiger charge is 2.21. The number of carbonyl (C=O) groups excluding carboxylic acids is 1. The van der Waals surface area contributed by atoms with Crippen LogP contribution in [0.15, 0.2) is 51.7 Å². The number of fused-ring (bicyclic) bond motifs is 1. The van der Waals surface area contributed by atoms with Crippen molar-refractivity contribution < 1.29 is 24.2 Å². The largest absolute Gasteiger partial charge is 0.508 e. The molecule has 0 aliphatic rings. The van der Waals surface area contributed by atoms with Crippen LogP contribution in [0.3, 0.4) is 0 Å². The Hall–Kier alpha value is -3.26. The van der Waals surface area contributed by atoms with E-state index in [1.807, 2.05) is 30.3 Å². The molecule has 1 heterocycles. The third-order valence-electron chi connectivity index (χ3n) is 5.31. The first kappa shape index (κ1) is 23.4. The topological polar surface area (TPSA) is 117 Å². The van der Waals surface area contributed by atoms with Crippen LogP contribution in [-0.2, 0) is 21.8 Å². The number of aryl methyl sites for hydroxylation is 2. The quantitative estimate of drug-likeness (QED) is 0.423. The summed E-state index contributed by atoms with van der Waals surface area (Å²) in [6.07, 6.45) is 0.0840. The molecule has 0 saturated carbocycles. The number of rotatable bonds is 9. The lowest BCUT2D eigenvalue weighted by atomic mass is 10.0. The number of phenolic OH excluding ortho intramolecular Hbond substituents is 1. The van der Waals surface area contributed by atoms with Crippen molar-refractivity contribution in [3.8, 4) is 5.75 Å². The molecule has 3 N–H and O–H groups in total. The molecule has 168 valence electrons. The molecule has 1 atom stereocenters. The third kappa shape index (κ3) is 5.50. The van der Waals surface area contributed by atoms with Gasteiger partial charge in [0, 0.05) is 34.4 Å². The minimum absolute atomic E-state index is 0.0389. The van der Waals surface area contributed by atoms with E-state index in [9.17, 15) is 24.6 Å². The molecule has 0 saturated heterocycles. The molecule has 2 aromatic carbocycles. The van der Waals surface area contributed by atoms with Crippen molar-refractivity contribution in [1.82, 2.24) is 5.32 Å². The minimum Gasteiger partial charge on any atom is -0.508 e. The number of hydrogen-bond acceptors (Lipinski definition) is 6. The number of thioether (sulfide) groups is 1. The number of amides is 1. The van der Waals surface area contributed by atoms with Crippen molar-refractivity contribution in [2.45, 2.75) is 38.5 Å². The van der Waals surface area contributed by atoms with Gasteiger partial charge in [-0.1, -0.05) is 30.3 Å². The fourth-order valence-corrected chi connectivity index (χ4v) is 4.42. The van der Waals surface area contributed by atoms with Crippen LogP contribution in [0.4, 0.5) is 0 Å². The molecule has 1 aromatic heterocycles. The molecule has 7 nitrogen and oxygen atoms in total. The summed E-state index contributed by atoms with van der Waals surface area (Å²) >= 11 is 1.43. The summed E-state index contributed by atoms with van der Waals surface area (Å²) in [6, 6.07) is 11.9. The number of hydrogen-bond donors (Lipinski definition) is 3. The van der Waals surface area contributed by atoms with Crippen LogP contribution in [0.2, 0.25) is 0 Å². The first-order valence-electron chi connectivity index (χ1n) is 10.2. The number of benzene rings is 2. The van der Waals surface area contributed by atoms with Crippen molar-refractivity contribution in [2.75, 3.05) is 5.75 Å². The van der Waals surface area contributed by atoms with Crippen molar-refractivity contribution in [1.29, 1.82) is 0 Å². The van der Waals surface area contributed by atoms with Gasteiger partial charge in [0.15, 0.2) is 0 Å². The van der Waals surface area contributed by atoms with Gasteiger partial charge in [-0.2, -0.15) is 11.8 Å². The normalized spacial score (nSPS) is 11.9. The Labute approximate surface area is 189 Å². The van der Waals surface area contributed by atoms with E-state index in [2.05, 4.69) is 5.32 Å². The zero-order valence-corrected chi connectivity index (χ0v) is 18.7. The maximum absolute atomic E-state index is 12.5. The first-order chi connectivity index (χ1) is 15.3. The number of carboxylic acid groups (broad SMARTS) is 1. The van der Waals surface area contributed by atoms with E-state index in [4.69, 9.17) is 4.42 Å². The Morgan fingerprint density at radius 3 is 2.50 bits per heavy atom. The van der Waals surface area contributed by atoms with Gasteiger partial charge in [-0.15, -0.1) is 0 Å². The van der Waals surface area contributed by atoms with E-state index in [-0.39, 0.29) is 24.3 Å². The SMILES string of the molecule is Cc1c(CCC(=O)N[C@H](CSCc2ccccc2)C(=O)O)c(=O)oc2c(C)c(O)ccc12. The second-order valence-corrected chi connectivity index (χ2v) is 8.57. The number of phenols is 1. The van der Waals surface area contributed by atoms with Crippen LogP contribution in [0.1, 0.15) is 28.7 Å². The highest BCUT2D eigenvalue weighted by Crippen LogP contribution is 2.28. The van der Waals surface area contributed by atoms with Crippen LogP contribution < -0.4 is 10.9 Å². The Morgan fingerprint density at radius 1 is 1.09 bits per heavy atom. The summed E-state index contributed by atoms with van der Waals surface area (Å²) < 4.78 is 5.39. The standard InChI is InChI=1S/C24H25NO6S/c1-14-17-8-10-20(26)15(2)22(17)31-24(30)18(14)9-11-21(27)25-19(23(28)29)13-32-12-16-6-4-3-5-7-16/h3-8,10,19,26H,9,11-13H2,1-2H3,(H,25,27)(H,28,29)/t19-/m1/s1. The highest BCUT2D eigenvalue weighted by molar-refractivity contribution is 7.98. The zero-order chi connectivity index (χ0) is 23.3. The van der Waals surface area contributed by atoms with Gasteiger partial charge in [0.25, 0.3) is 0 Å². The van der Waals surface area contributed by atoms with E-state index in [0.717, 1.165) is 5.56 Å². The van der Waals surface area contributed by atoms with E-state index in [1.54, 1.807) is 19.9 Å². The summed E-state index contributed by atoms with van der Waals surface area (Å²) in [6.45, 7) is 3.43. The predicted octanol–water partition coefficient (Wildman–Crippen LogP) is 3.55. The molecule has 0 aliphatic carbocycles. The Bertz CT molecular complexity index is 1190. The molecule has 0 unspecified atom stereocenters. The number of nitrogens with one attached hydrogen (secondary N) is 1. The van der Waals surface area contributed by atoms with Crippen LogP contribution >= 0.6 is 11.8 Å². The van der Waals surface area contributed by atoms with Gasteiger partial charge in [0.05, 0.1) is 0 Å². The molecule has 3 rings (SSSR count). The van der Waals surface area contributed by atoms with Crippen molar-refractivity contribution in [3.63, 3.8) is 0 Å². The molecule has 32 heavy (non-hydrogen) atoms. The van der Waals surface area contributed by atoms with Gasteiger partial charge in [-0.05, 0) is 43.5 Å². The van der Waals surface area contributed by atoms with Gasteiger partial charge >= 0.3 is 11.6 Å². The molecule has 3 aromatic rings. The number of aliphatic carboxylic acids is 1. The fourth-order valence-electron chi connectivity index (χ4n) is 3.42. The summed E-state index contributed by atoms with van der Waals surface area (Å²) in [7, 11) is 0. The number of aromatic hydroxyl groups is 1. The first-order valence-corrected chi connectivity index (χ1v) is 11.3. The minimum atomic E-state index is -1.10. The predicted molar refractivity (Wildman–Crippen MR) is 124 cm³/mol. The van der Waals surface area contributed by atoms with E-state index in [1.165, 1.54) is 17.8 Å². The Kier molecular flexibility index (Phi) is 7.58. The monoisotopic (exact) mass is 455 g/mol. The summed E-state index contributed by atoms with van der Waals surface area (Å²) in [5, 5.41) is 22.5. The second kappa shape index (κ2) is 10.4. The molecular weight excluding hydrogens is 430 g/mol. The average molecular weight is 456 g/mol. The molecule has 1 amide bonds. The zero-order valence-electron chi connectivity index (χ0n) is 17.9. The van der Waals surface area contributed by atoms with Gasteiger partial charge in [0.1, 0.15) is 17.4 Å². The maximum Gasteiger partial charge on any atom is 0.339 e. The molecule has 0 bridgehead atoms. The smallest absolute Gasteiger partial charge is 0.339 e. The van der Waals surface area contributed by atoms with Gasteiger partial charge < -0.3 is 19.9 Å². The van der Waals surface area contributed by atoms with Gasteiger partial charge in [0.2, 0.25) is 5.91 Å². The summed E-state index contributed by atoms with van der Waals surface area (Å²) in [5.74, 6) is -0.631. The molecule has 0 fully saturated rings. The van der Waals surface area contributed by atoms with Crippen LogP contribution in [0.25, 0.3) is 11.0 Å². The van der Waals surface area contributed by atoms with Crippen LogP contribution in [0.5, 0.6) is 5.75 Å². The Morgan fingerprint density at radius 2 is 1.81 bits per heavy atom. The third-order valence-corrected chi connectivity index (χ3v) is 6.41. The van der Waals surface area contributed by atoms with Crippen molar-refractivity contribution >= 4 is 34.6 Å². The molecule has 0 radical (unpaired) electrons. The van der Waals surface area contributed by atoms with Crippen molar-refractivity contribution in [2.24, 2.45) is 0 Å². The lowest BCUT2D eigenvalue weighted by Gasteiger charge is -2.15. The lowest BCUT2D eigenvalue weighted by molar-refractivity contribution is -0.141. The molecule has 0 aliphatic heterocycles. The Balaban J connectivity index is 1.62. The van der Waals surface area contributed by atoms with Gasteiger partial charge in [-0.25, -0.2) is 9.59 Å².